The molecule has 9 nitrogen and oxygen atoms in total. The van der Waals surface area contributed by atoms with Crippen molar-refractivity contribution in [1.29, 1.82) is 0 Å². The summed E-state index contributed by atoms with van der Waals surface area (Å²) in [4.78, 5) is 36.3. The molecule has 3 rings (SSSR count). The number of hydrogen-bond acceptors (Lipinski definition) is 7. The number of anilines is 2. The molecule has 0 bridgehead atoms. The van der Waals surface area contributed by atoms with Gasteiger partial charge in [0.1, 0.15) is 5.69 Å². The molecule has 140 valence electrons. The van der Waals surface area contributed by atoms with Gasteiger partial charge in [0.05, 0.1) is 15.9 Å². The molecule has 2 aromatic carbocycles. The van der Waals surface area contributed by atoms with E-state index >= 15 is 0 Å². The van der Waals surface area contributed by atoms with Crippen LogP contribution in [0.2, 0.25) is 0 Å². The SMILES string of the molecule is CC(=O)c1ccc(N2CCN(c3ccc([N+](=O)[O-])cc3[N+](=O)[O-])CC2)cc1. The number of non-ortho nitro benzene ring substituents is 1. The number of piperazine rings is 1. The zero-order valence-corrected chi connectivity index (χ0v) is 14.7. The molecule has 0 saturated carbocycles. The summed E-state index contributed by atoms with van der Waals surface area (Å²) in [6, 6.07) is 11.1. The fourth-order valence-corrected chi connectivity index (χ4v) is 3.15. The molecule has 0 aliphatic carbocycles. The first-order chi connectivity index (χ1) is 12.9. The van der Waals surface area contributed by atoms with Gasteiger partial charge in [0.15, 0.2) is 5.78 Å². The number of ketones is 1. The molecule has 0 atom stereocenters. The predicted octanol–water partition coefficient (Wildman–Crippen LogP) is 3.03. The van der Waals surface area contributed by atoms with E-state index in [2.05, 4.69) is 4.90 Å². The van der Waals surface area contributed by atoms with Gasteiger partial charge in [-0.2, -0.15) is 0 Å². The first kappa shape index (κ1) is 18.3. The van der Waals surface area contributed by atoms with Crippen molar-refractivity contribution in [2.75, 3.05) is 36.0 Å². The summed E-state index contributed by atoms with van der Waals surface area (Å²) in [6.07, 6.45) is 0. The fourth-order valence-electron chi connectivity index (χ4n) is 3.15. The second-order valence-corrected chi connectivity index (χ2v) is 6.26. The van der Waals surface area contributed by atoms with Crippen LogP contribution >= 0.6 is 0 Å². The van der Waals surface area contributed by atoms with Crippen molar-refractivity contribution in [2.45, 2.75) is 6.92 Å². The molecule has 1 heterocycles. The average Bonchev–Trinajstić information content (AvgIpc) is 2.67. The number of carbonyl (C=O) groups is 1. The van der Waals surface area contributed by atoms with Gasteiger partial charge in [0, 0.05) is 43.5 Å². The van der Waals surface area contributed by atoms with Crippen molar-refractivity contribution < 1.29 is 14.6 Å². The van der Waals surface area contributed by atoms with E-state index in [1.54, 1.807) is 12.1 Å². The Morgan fingerprint density at radius 3 is 2.00 bits per heavy atom. The van der Waals surface area contributed by atoms with E-state index < -0.39 is 9.85 Å². The summed E-state index contributed by atoms with van der Waals surface area (Å²) >= 11 is 0. The van der Waals surface area contributed by atoms with Gasteiger partial charge in [-0.25, -0.2) is 0 Å². The Labute approximate surface area is 155 Å². The van der Waals surface area contributed by atoms with Crippen LogP contribution in [0.5, 0.6) is 0 Å². The highest BCUT2D eigenvalue weighted by atomic mass is 16.6. The van der Waals surface area contributed by atoms with Crippen LogP contribution in [0.1, 0.15) is 17.3 Å². The highest BCUT2D eigenvalue weighted by molar-refractivity contribution is 5.94. The van der Waals surface area contributed by atoms with E-state index in [4.69, 9.17) is 0 Å². The normalized spacial score (nSPS) is 14.1. The summed E-state index contributed by atoms with van der Waals surface area (Å²) < 4.78 is 0. The molecule has 0 aromatic heterocycles. The third kappa shape index (κ3) is 3.86. The summed E-state index contributed by atoms with van der Waals surface area (Å²) in [5, 5.41) is 22.2. The van der Waals surface area contributed by atoms with Gasteiger partial charge >= 0.3 is 0 Å². The van der Waals surface area contributed by atoms with Gasteiger partial charge in [-0.15, -0.1) is 0 Å². The molecular weight excluding hydrogens is 352 g/mol. The maximum atomic E-state index is 11.4. The molecule has 0 unspecified atom stereocenters. The number of Topliss-reactive ketones (excluding diaryl/α,β-unsaturated/α-hetero) is 1. The number of nitrogens with zero attached hydrogens (tertiary/aromatic N) is 4. The van der Waals surface area contributed by atoms with Crippen LogP contribution in [0.4, 0.5) is 22.7 Å². The monoisotopic (exact) mass is 370 g/mol. The Balaban J connectivity index is 1.74. The minimum absolute atomic E-state index is 0.0110. The molecule has 0 spiro atoms. The lowest BCUT2D eigenvalue weighted by Gasteiger charge is -2.37. The van der Waals surface area contributed by atoms with Crippen molar-refractivity contribution in [2.24, 2.45) is 0 Å². The first-order valence-corrected chi connectivity index (χ1v) is 8.40. The molecule has 0 radical (unpaired) electrons. The smallest absolute Gasteiger partial charge is 0.299 e. The van der Waals surface area contributed by atoms with Gasteiger partial charge < -0.3 is 9.80 Å². The highest BCUT2D eigenvalue weighted by Crippen LogP contribution is 2.33. The molecule has 0 amide bonds. The second kappa shape index (κ2) is 7.40. The van der Waals surface area contributed by atoms with Crippen LogP contribution in [0.15, 0.2) is 42.5 Å². The van der Waals surface area contributed by atoms with Gasteiger partial charge in [-0.05, 0) is 37.3 Å². The van der Waals surface area contributed by atoms with Gasteiger partial charge in [-0.1, -0.05) is 0 Å². The topological polar surface area (TPSA) is 110 Å². The molecule has 9 heteroatoms. The lowest BCUT2D eigenvalue weighted by atomic mass is 10.1. The third-order valence-corrected chi connectivity index (χ3v) is 4.63. The van der Waals surface area contributed by atoms with Gasteiger partial charge in [0.25, 0.3) is 11.4 Å². The van der Waals surface area contributed by atoms with Crippen molar-refractivity contribution in [3.63, 3.8) is 0 Å². The standard InChI is InChI=1S/C18H18N4O5/c1-13(23)14-2-4-15(5-3-14)19-8-10-20(11-9-19)17-7-6-16(21(24)25)12-18(17)22(26)27/h2-7,12H,8-11H2,1H3. The number of benzene rings is 2. The van der Waals surface area contributed by atoms with Crippen molar-refractivity contribution >= 4 is 28.5 Å². The van der Waals surface area contributed by atoms with E-state index in [9.17, 15) is 25.0 Å². The van der Waals surface area contributed by atoms with E-state index in [1.807, 2.05) is 17.0 Å². The average molecular weight is 370 g/mol. The van der Waals surface area contributed by atoms with E-state index in [1.165, 1.54) is 19.1 Å². The van der Waals surface area contributed by atoms with Crippen LogP contribution in [0, 0.1) is 20.2 Å². The Kier molecular flexibility index (Phi) is 5.02. The van der Waals surface area contributed by atoms with Crippen molar-refractivity contribution in [3.05, 3.63) is 68.3 Å². The predicted molar refractivity (Wildman–Crippen MR) is 101 cm³/mol. The van der Waals surface area contributed by atoms with Crippen molar-refractivity contribution in [1.82, 2.24) is 0 Å². The largest absolute Gasteiger partial charge is 0.368 e. The molecule has 0 N–H and O–H groups in total. The number of nitro groups is 2. The minimum atomic E-state index is -0.639. The fraction of sp³-hybridized carbons (Fsp3) is 0.278. The summed E-state index contributed by atoms with van der Waals surface area (Å²) in [5.41, 5.74) is 1.46. The number of hydrogen-bond donors (Lipinski definition) is 0. The van der Waals surface area contributed by atoms with Crippen LogP contribution in [0.3, 0.4) is 0 Å². The number of carbonyl (C=O) groups excluding carboxylic acids is 1. The Bertz CT molecular complexity index is 889. The minimum Gasteiger partial charge on any atom is -0.368 e. The second-order valence-electron chi connectivity index (χ2n) is 6.26. The maximum Gasteiger partial charge on any atom is 0.299 e. The van der Waals surface area contributed by atoms with Crippen LogP contribution in [-0.4, -0.2) is 41.8 Å². The summed E-state index contributed by atoms with van der Waals surface area (Å²) in [7, 11) is 0. The van der Waals surface area contributed by atoms with E-state index in [0.717, 1.165) is 11.8 Å². The van der Waals surface area contributed by atoms with Crippen LogP contribution in [0.25, 0.3) is 0 Å². The Hall–Kier alpha value is -3.49. The third-order valence-electron chi connectivity index (χ3n) is 4.63. The summed E-state index contributed by atoms with van der Waals surface area (Å²) in [6.45, 7) is 3.91. The quantitative estimate of drug-likeness (QED) is 0.452. The van der Waals surface area contributed by atoms with Crippen LogP contribution < -0.4 is 9.80 Å². The van der Waals surface area contributed by atoms with Gasteiger partial charge in [0.2, 0.25) is 0 Å². The lowest BCUT2D eigenvalue weighted by Crippen LogP contribution is -2.46. The molecule has 2 aromatic rings. The summed E-state index contributed by atoms with van der Waals surface area (Å²) in [5.74, 6) is 0.0110. The van der Waals surface area contributed by atoms with Crippen molar-refractivity contribution in [3.8, 4) is 0 Å². The van der Waals surface area contributed by atoms with E-state index in [-0.39, 0.29) is 17.2 Å². The zero-order valence-electron chi connectivity index (χ0n) is 14.7. The molecule has 1 saturated heterocycles. The molecule has 1 fully saturated rings. The molecule has 1 aliphatic rings. The zero-order chi connectivity index (χ0) is 19.6. The van der Waals surface area contributed by atoms with Gasteiger partial charge in [-0.3, -0.25) is 25.0 Å². The van der Waals surface area contributed by atoms with E-state index in [0.29, 0.717) is 37.4 Å². The Morgan fingerprint density at radius 1 is 0.889 bits per heavy atom. The number of nitro benzene ring substituents is 2. The maximum absolute atomic E-state index is 11.4. The molecule has 1 aliphatic heterocycles. The molecular formula is C18H18N4O5. The molecule has 27 heavy (non-hydrogen) atoms. The Morgan fingerprint density at radius 2 is 1.48 bits per heavy atom. The lowest BCUT2D eigenvalue weighted by molar-refractivity contribution is -0.393. The van der Waals surface area contributed by atoms with Crippen LogP contribution in [-0.2, 0) is 0 Å². The first-order valence-electron chi connectivity index (χ1n) is 8.40. The highest BCUT2D eigenvalue weighted by Gasteiger charge is 2.26. The number of rotatable bonds is 5.